The zero-order valence-corrected chi connectivity index (χ0v) is 12.3. The molecule has 0 aliphatic rings. The van der Waals surface area contributed by atoms with Crippen molar-refractivity contribution in [2.24, 2.45) is 0 Å². The van der Waals surface area contributed by atoms with E-state index in [0.29, 0.717) is 0 Å². The molecule has 0 aliphatic carbocycles. The van der Waals surface area contributed by atoms with Crippen molar-refractivity contribution in [3.63, 3.8) is 0 Å². The van der Waals surface area contributed by atoms with Crippen molar-refractivity contribution in [1.29, 1.82) is 0 Å². The molecule has 1 unspecified atom stereocenters. The lowest BCUT2D eigenvalue weighted by Crippen LogP contribution is -2.25. The summed E-state index contributed by atoms with van der Waals surface area (Å²) >= 11 is 2.20. The standard InChI is InChI=1S/C11H11NO4S3/c1-7(8-3-2-6-17-8)12-19(15,16)10-5-4-9(18-10)11(13)14/h2-7,12H,1H3,(H,13,14). The summed E-state index contributed by atoms with van der Waals surface area (Å²) in [6.45, 7) is 1.75. The summed E-state index contributed by atoms with van der Waals surface area (Å²) in [5.74, 6) is -1.13. The van der Waals surface area contributed by atoms with E-state index in [2.05, 4.69) is 4.72 Å². The molecule has 0 aliphatic heterocycles. The minimum atomic E-state index is -3.69. The average Bonchev–Trinajstić information content (AvgIpc) is 3.00. The van der Waals surface area contributed by atoms with Crippen LogP contribution >= 0.6 is 22.7 Å². The third kappa shape index (κ3) is 3.21. The van der Waals surface area contributed by atoms with Gasteiger partial charge in [-0.3, -0.25) is 0 Å². The zero-order chi connectivity index (χ0) is 14.0. The summed E-state index contributed by atoms with van der Waals surface area (Å²) < 4.78 is 26.7. The lowest BCUT2D eigenvalue weighted by atomic mass is 10.3. The first-order chi connectivity index (χ1) is 8.90. The number of aromatic carboxylic acids is 1. The van der Waals surface area contributed by atoms with Gasteiger partial charge in [0.2, 0.25) is 0 Å². The minimum absolute atomic E-state index is 0.00384. The summed E-state index contributed by atoms with van der Waals surface area (Å²) in [5, 5.41) is 10.7. The molecule has 2 aromatic heterocycles. The van der Waals surface area contributed by atoms with Crippen molar-refractivity contribution in [2.75, 3.05) is 0 Å². The molecule has 0 saturated carbocycles. The Labute approximate surface area is 118 Å². The second-order valence-electron chi connectivity index (χ2n) is 3.78. The normalized spacial score (nSPS) is 13.3. The second kappa shape index (κ2) is 5.41. The number of carboxylic acid groups (broad SMARTS) is 1. The first kappa shape index (κ1) is 14.2. The van der Waals surface area contributed by atoms with Gasteiger partial charge in [0, 0.05) is 4.88 Å². The lowest BCUT2D eigenvalue weighted by molar-refractivity contribution is 0.0702. The van der Waals surface area contributed by atoms with Crippen molar-refractivity contribution >= 4 is 38.7 Å². The molecular weight excluding hydrogens is 306 g/mol. The number of hydrogen-bond acceptors (Lipinski definition) is 5. The summed E-state index contributed by atoms with van der Waals surface area (Å²) in [5.41, 5.74) is 0. The predicted octanol–water partition coefficient (Wildman–Crippen LogP) is 2.55. The van der Waals surface area contributed by atoms with Crippen molar-refractivity contribution in [1.82, 2.24) is 4.72 Å². The van der Waals surface area contributed by atoms with E-state index in [1.807, 2.05) is 17.5 Å². The number of sulfonamides is 1. The molecule has 0 fully saturated rings. The first-order valence-electron chi connectivity index (χ1n) is 5.29. The molecular formula is C11H11NO4S3. The summed E-state index contributed by atoms with van der Waals surface area (Å²) in [7, 11) is -3.69. The van der Waals surface area contributed by atoms with Crippen LogP contribution in [0.2, 0.25) is 0 Å². The Morgan fingerprint density at radius 1 is 1.37 bits per heavy atom. The topological polar surface area (TPSA) is 83.5 Å². The van der Waals surface area contributed by atoms with Gasteiger partial charge in [-0.25, -0.2) is 17.9 Å². The Morgan fingerprint density at radius 2 is 2.11 bits per heavy atom. The Hall–Kier alpha value is -1.22. The Kier molecular flexibility index (Phi) is 4.04. The van der Waals surface area contributed by atoms with Crippen LogP contribution in [0.5, 0.6) is 0 Å². The molecule has 0 aromatic carbocycles. The highest BCUT2D eigenvalue weighted by atomic mass is 32.2. The van der Waals surface area contributed by atoms with Crippen molar-refractivity contribution < 1.29 is 18.3 Å². The molecule has 1 atom stereocenters. The van der Waals surface area contributed by atoms with Crippen LogP contribution in [0, 0.1) is 0 Å². The monoisotopic (exact) mass is 317 g/mol. The van der Waals surface area contributed by atoms with E-state index >= 15 is 0 Å². The van der Waals surface area contributed by atoms with Crippen LogP contribution in [0.3, 0.4) is 0 Å². The lowest BCUT2D eigenvalue weighted by Gasteiger charge is -2.11. The smallest absolute Gasteiger partial charge is 0.345 e. The number of rotatable bonds is 5. The molecule has 0 saturated heterocycles. The fraction of sp³-hybridized carbons (Fsp3) is 0.182. The maximum Gasteiger partial charge on any atom is 0.345 e. The number of thiophene rings is 2. The largest absolute Gasteiger partial charge is 0.477 e. The molecule has 0 radical (unpaired) electrons. The van der Waals surface area contributed by atoms with Gasteiger partial charge in [0.25, 0.3) is 10.0 Å². The van der Waals surface area contributed by atoms with Crippen LogP contribution in [0.25, 0.3) is 0 Å². The summed E-state index contributed by atoms with van der Waals surface area (Å²) in [4.78, 5) is 11.7. The Bertz CT molecular complexity index is 673. The Balaban J connectivity index is 2.20. The van der Waals surface area contributed by atoms with E-state index in [0.717, 1.165) is 16.2 Å². The van der Waals surface area contributed by atoms with E-state index in [9.17, 15) is 13.2 Å². The molecule has 0 amide bonds. The van der Waals surface area contributed by atoms with Gasteiger partial charge in [-0.15, -0.1) is 22.7 Å². The van der Waals surface area contributed by atoms with Gasteiger partial charge in [-0.2, -0.15) is 0 Å². The van der Waals surface area contributed by atoms with Crippen LogP contribution in [-0.2, 0) is 10.0 Å². The Morgan fingerprint density at radius 3 is 2.63 bits per heavy atom. The van der Waals surface area contributed by atoms with Crippen LogP contribution in [-0.4, -0.2) is 19.5 Å². The molecule has 0 spiro atoms. The average molecular weight is 317 g/mol. The maximum atomic E-state index is 12.1. The number of nitrogens with one attached hydrogen (secondary N) is 1. The highest BCUT2D eigenvalue weighted by Gasteiger charge is 2.22. The molecule has 2 N–H and O–H groups in total. The van der Waals surface area contributed by atoms with Gasteiger partial charge in [0.15, 0.2) is 0 Å². The van der Waals surface area contributed by atoms with Gasteiger partial charge in [-0.05, 0) is 30.5 Å². The molecule has 5 nitrogen and oxygen atoms in total. The van der Waals surface area contributed by atoms with Gasteiger partial charge in [-0.1, -0.05) is 6.07 Å². The van der Waals surface area contributed by atoms with E-state index < -0.39 is 16.0 Å². The van der Waals surface area contributed by atoms with Crippen LogP contribution < -0.4 is 4.72 Å². The third-order valence-corrected chi connectivity index (χ3v) is 6.52. The maximum absolute atomic E-state index is 12.1. The van der Waals surface area contributed by atoms with Crippen molar-refractivity contribution in [3.05, 3.63) is 39.4 Å². The number of carboxylic acids is 1. The van der Waals surface area contributed by atoms with E-state index in [-0.39, 0.29) is 15.1 Å². The third-order valence-electron chi connectivity index (χ3n) is 2.36. The van der Waals surface area contributed by atoms with E-state index in [1.165, 1.54) is 23.5 Å². The van der Waals surface area contributed by atoms with Crippen LogP contribution in [0.4, 0.5) is 0 Å². The van der Waals surface area contributed by atoms with E-state index in [1.54, 1.807) is 6.92 Å². The van der Waals surface area contributed by atoms with Crippen LogP contribution in [0.1, 0.15) is 27.5 Å². The quantitative estimate of drug-likeness (QED) is 0.887. The van der Waals surface area contributed by atoms with Gasteiger partial charge in [0.05, 0.1) is 6.04 Å². The molecule has 2 rings (SSSR count). The number of carbonyl (C=O) groups is 1. The number of hydrogen-bond donors (Lipinski definition) is 2. The molecule has 19 heavy (non-hydrogen) atoms. The molecule has 102 valence electrons. The minimum Gasteiger partial charge on any atom is -0.477 e. The van der Waals surface area contributed by atoms with Gasteiger partial charge in [0.1, 0.15) is 9.09 Å². The first-order valence-corrected chi connectivity index (χ1v) is 8.47. The summed E-state index contributed by atoms with van der Waals surface area (Å²) in [6, 6.07) is 5.93. The van der Waals surface area contributed by atoms with Gasteiger partial charge >= 0.3 is 5.97 Å². The fourth-order valence-corrected chi connectivity index (χ4v) is 4.66. The highest BCUT2D eigenvalue weighted by molar-refractivity contribution is 7.91. The molecule has 2 heterocycles. The second-order valence-corrected chi connectivity index (χ2v) is 7.79. The highest BCUT2D eigenvalue weighted by Crippen LogP contribution is 2.25. The molecule has 0 bridgehead atoms. The van der Waals surface area contributed by atoms with Crippen molar-refractivity contribution in [2.45, 2.75) is 17.2 Å². The summed E-state index contributed by atoms with van der Waals surface area (Å²) in [6.07, 6.45) is 0. The molecule has 2 aromatic rings. The molecule has 8 heteroatoms. The zero-order valence-electron chi connectivity index (χ0n) is 9.86. The van der Waals surface area contributed by atoms with E-state index in [4.69, 9.17) is 5.11 Å². The van der Waals surface area contributed by atoms with Gasteiger partial charge < -0.3 is 5.11 Å². The predicted molar refractivity (Wildman–Crippen MR) is 74.3 cm³/mol. The van der Waals surface area contributed by atoms with Crippen LogP contribution in [0.15, 0.2) is 33.9 Å². The SMILES string of the molecule is CC(NS(=O)(=O)c1ccc(C(=O)O)s1)c1cccs1. The fourth-order valence-electron chi connectivity index (χ4n) is 1.47. The van der Waals surface area contributed by atoms with Crippen molar-refractivity contribution in [3.8, 4) is 0 Å².